The van der Waals surface area contributed by atoms with E-state index in [4.69, 9.17) is 10.5 Å². The third-order valence-corrected chi connectivity index (χ3v) is 3.33. The molecule has 0 aliphatic heterocycles. The Morgan fingerprint density at radius 3 is 2.25 bits per heavy atom. The Kier molecular flexibility index (Phi) is 4.77. The zero-order valence-electron chi connectivity index (χ0n) is 12.0. The minimum atomic E-state index is -0.621. The number of ether oxygens (including phenoxy) is 1. The Hall–Kier alpha value is -1.84. The predicted octanol–water partition coefficient (Wildman–Crippen LogP) is 2.87. The molecule has 0 aliphatic carbocycles. The number of nitrogens with two attached hydrogens (primary N) is 1. The molecule has 106 valence electrons. The van der Waals surface area contributed by atoms with Gasteiger partial charge in [-0.1, -0.05) is 42.5 Å². The Bertz CT molecular complexity index is 543. The first kappa shape index (κ1) is 14.6. The van der Waals surface area contributed by atoms with Crippen LogP contribution in [0.15, 0.2) is 42.5 Å². The Labute approximate surface area is 120 Å². The van der Waals surface area contributed by atoms with Gasteiger partial charge in [0.15, 0.2) is 0 Å². The second-order valence-corrected chi connectivity index (χ2v) is 5.00. The van der Waals surface area contributed by atoms with Crippen molar-refractivity contribution in [2.75, 3.05) is 6.61 Å². The SMILES string of the molecule is Cc1cc(CN)cc(C)c1OCC(O)c1ccccc1. The van der Waals surface area contributed by atoms with Crippen molar-refractivity contribution in [3.8, 4) is 5.75 Å². The highest BCUT2D eigenvalue weighted by Gasteiger charge is 2.11. The molecule has 2 aromatic carbocycles. The van der Waals surface area contributed by atoms with E-state index in [1.807, 2.05) is 56.3 Å². The van der Waals surface area contributed by atoms with E-state index in [9.17, 15) is 5.11 Å². The monoisotopic (exact) mass is 271 g/mol. The smallest absolute Gasteiger partial charge is 0.125 e. The largest absolute Gasteiger partial charge is 0.490 e. The van der Waals surface area contributed by atoms with Crippen LogP contribution in [0.2, 0.25) is 0 Å². The van der Waals surface area contributed by atoms with Gasteiger partial charge in [-0.3, -0.25) is 0 Å². The predicted molar refractivity (Wildman–Crippen MR) is 80.7 cm³/mol. The molecule has 0 aliphatic rings. The maximum atomic E-state index is 10.1. The molecule has 0 amide bonds. The van der Waals surface area contributed by atoms with Crippen LogP contribution in [0.25, 0.3) is 0 Å². The van der Waals surface area contributed by atoms with Gasteiger partial charge < -0.3 is 15.6 Å². The van der Waals surface area contributed by atoms with Gasteiger partial charge in [0.1, 0.15) is 18.5 Å². The number of benzene rings is 2. The van der Waals surface area contributed by atoms with Crippen molar-refractivity contribution in [2.24, 2.45) is 5.73 Å². The van der Waals surface area contributed by atoms with Gasteiger partial charge >= 0.3 is 0 Å². The molecule has 1 atom stereocenters. The topological polar surface area (TPSA) is 55.5 Å². The molecule has 3 nitrogen and oxygen atoms in total. The summed E-state index contributed by atoms with van der Waals surface area (Å²) in [6.45, 7) is 4.76. The normalized spacial score (nSPS) is 12.2. The second kappa shape index (κ2) is 6.55. The first-order valence-corrected chi connectivity index (χ1v) is 6.78. The summed E-state index contributed by atoms with van der Waals surface area (Å²) in [5, 5.41) is 10.1. The minimum Gasteiger partial charge on any atom is -0.490 e. The van der Waals surface area contributed by atoms with Crippen LogP contribution >= 0.6 is 0 Å². The first-order valence-electron chi connectivity index (χ1n) is 6.78. The number of hydrogen-bond acceptors (Lipinski definition) is 3. The number of aliphatic hydroxyl groups excluding tert-OH is 1. The van der Waals surface area contributed by atoms with E-state index < -0.39 is 6.10 Å². The maximum Gasteiger partial charge on any atom is 0.125 e. The highest BCUT2D eigenvalue weighted by atomic mass is 16.5. The first-order chi connectivity index (χ1) is 9.61. The van der Waals surface area contributed by atoms with Crippen molar-refractivity contribution in [1.29, 1.82) is 0 Å². The lowest BCUT2D eigenvalue weighted by Gasteiger charge is -2.17. The molecule has 0 radical (unpaired) electrons. The fourth-order valence-electron chi connectivity index (χ4n) is 2.32. The standard InChI is InChI=1S/C17H21NO2/c1-12-8-14(10-18)9-13(2)17(12)20-11-16(19)15-6-4-3-5-7-15/h3-9,16,19H,10-11,18H2,1-2H3. The molecule has 0 bridgehead atoms. The fourth-order valence-corrected chi connectivity index (χ4v) is 2.32. The maximum absolute atomic E-state index is 10.1. The molecule has 2 rings (SSSR count). The lowest BCUT2D eigenvalue weighted by Crippen LogP contribution is -2.11. The fraction of sp³-hybridized carbons (Fsp3) is 0.294. The number of aliphatic hydroxyl groups is 1. The Morgan fingerprint density at radius 1 is 1.10 bits per heavy atom. The van der Waals surface area contributed by atoms with Crippen LogP contribution in [0.5, 0.6) is 5.75 Å². The van der Waals surface area contributed by atoms with E-state index in [0.717, 1.165) is 28.0 Å². The van der Waals surface area contributed by atoms with Crippen molar-refractivity contribution in [3.05, 3.63) is 64.7 Å². The summed E-state index contributed by atoms with van der Waals surface area (Å²) < 4.78 is 5.79. The van der Waals surface area contributed by atoms with E-state index in [0.29, 0.717) is 6.54 Å². The Balaban J connectivity index is 2.08. The summed E-state index contributed by atoms with van der Waals surface area (Å²) in [5.74, 6) is 0.831. The molecule has 3 heteroatoms. The number of aryl methyl sites for hydroxylation is 2. The molecule has 0 saturated carbocycles. The van der Waals surface area contributed by atoms with Crippen molar-refractivity contribution >= 4 is 0 Å². The lowest BCUT2D eigenvalue weighted by atomic mass is 10.1. The molecule has 0 heterocycles. The van der Waals surface area contributed by atoms with Gasteiger partial charge in [0.2, 0.25) is 0 Å². The summed E-state index contributed by atoms with van der Waals surface area (Å²) >= 11 is 0. The third kappa shape index (κ3) is 3.38. The summed E-state index contributed by atoms with van der Waals surface area (Å²) in [5.41, 5.74) is 9.70. The zero-order chi connectivity index (χ0) is 14.5. The van der Waals surface area contributed by atoms with Gasteiger partial charge in [-0.05, 0) is 36.1 Å². The van der Waals surface area contributed by atoms with Crippen LogP contribution in [0.3, 0.4) is 0 Å². The van der Waals surface area contributed by atoms with E-state index >= 15 is 0 Å². The summed E-state index contributed by atoms with van der Waals surface area (Å²) in [7, 11) is 0. The highest BCUT2D eigenvalue weighted by Crippen LogP contribution is 2.26. The van der Waals surface area contributed by atoms with Crippen LogP contribution in [0.1, 0.15) is 28.4 Å². The van der Waals surface area contributed by atoms with E-state index in [1.54, 1.807) is 0 Å². The average Bonchev–Trinajstić information content (AvgIpc) is 2.46. The van der Waals surface area contributed by atoms with E-state index in [-0.39, 0.29) is 6.61 Å². The zero-order valence-corrected chi connectivity index (χ0v) is 12.0. The molecular weight excluding hydrogens is 250 g/mol. The number of hydrogen-bond donors (Lipinski definition) is 2. The Morgan fingerprint density at radius 2 is 1.70 bits per heavy atom. The minimum absolute atomic E-state index is 0.244. The number of rotatable bonds is 5. The van der Waals surface area contributed by atoms with Crippen LogP contribution in [0.4, 0.5) is 0 Å². The summed E-state index contributed by atoms with van der Waals surface area (Å²) in [6.07, 6.45) is -0.621. The second-order valence-electron chi connectivity index (χ2n) is 5.00. The van der Waals surface area contributed by atoms with Gasteiger partial charge in [0, 0.05) is 6.54 Å². The van der Waals surface area contributed by atoms with E-state index in [2.05, 4.69) is 0 Å². The molecule has 2 aromatic rings. The lowest BCUT2D eigenvalue weighted by molar-refractivity contribution is 0.107. The molecule has 20 heavy (non-hydrogen) atoms. The van der Waals surface area contributed by atoms with Gasteiger partial charge in [0.25, 0.3) is 0 Å². The van der Waals surface area contributed by atoms with Crippen molar-refractivity contribution < 1.29 is 9.84 Å². The quantitative estimate of drug-likeness (QED) is 0.879. The average molecular weight is 271 g/mol. The molecule has 0 spiro atoms. The molecule has 1 unspecified atom stereocenters. The van der Waals surface area contributed by atoms with Crippen molar-refractivity contribution in [3.63, 3.8) is 0 Å². The molecular formula is C17H21NO2. The van der Waals surface area contributed by atoms with Gasteiger partial charge in [0.05, 0.1) is 0 Å². The van der Waals surface area contributed by atoms with Crippen molar-refractivity contribution in [1.82, 2.24) is 0 Å². The summed E-state index contributed by atoms with van der Waals surface area (Å²) in [4.78, 5) is 0. The highest BCUT2D eigenvalue weighted by molar-refractivity contribution is 5.43. The van der Waals surface area contributed by atoms with Crippen LogP contribution < -0.4 is 10.5 Å². The molecule has 0 fully saturated rings. The molecule has 0 saturated heterocycles. The van der Waals surface area contributed by atoms with Crippen molar-refractivity contribution in [2.45, 2.75) is 26.5 Å². The van der Waals surface area contributed by atoms with Crippen LogP contribution in [-0.4, -0.2) is 11.7 Å². The molecule has 3 N–H and O–H groups in total. The van der Waals surface area contributed by atoms with Gasteiger partial charge in [-0.2, -0.15) is 0 Å². The van der Waals surface area contributed by atoms with E-state index in [1.165, 1.54) is 0 Å². The van der Waals surface area contributed by atoms with Gasteiger partial charge in [-0.25, -0.2) is 0 Å². The van der Waals surface area contributed by atoms with Crippen LogP contribution in [0, 0.1) is 13.8 Å². The summed E-state index contributed by atoms with van der Waals surface area (Å²) in [6, 6.07) is 13.6. The van der Waals surface area contributed by atoms with Crippen LogP contribution in [-0.2, 0) is 6.54 Å². The molecule has 0 aromatic heterocycles. The third-order valence-electron chi connectivity index (χ3n) is 3.33. The van der Waals surface area contributed by atoms with Gasteiger partial charge in [-0.15, -0.1) is 0 Å².